The van der Waals surface area contributed by atoms with Crippen molar-refractivity contribution in [1.29, 1.82) is 0 Å². The van der Waals surface area contributed by atoms with Crippen LogP contribution in [0, 0.1) is 0 Å². The van der Waals surface area contributed by atoms with Gasteiger partial charge in [-0.1, -0.05) is 6.07 Å². The van der Waals surface area contributed by atoms with Gasteiger partial charge in [-0.05, 0) is 24.6 Å². The number of nitrogens with one attached hydrogen (secondary N) is 2. The Kier molecular flexibility index (Phi) is 5.82. The molecule has 1 aliphatic heterocycles. The van der Waals surface area contributed by atoms with E-state index < -0.39 is 9.84 Å². The van der Waals surface area contributed by atoms with E-state index in [2.05, 4.69) is 10.6 Å². The SMILES string of the molecule is CC(=O)Nc1cccc(NCCC(=O)N(C)C2CCS(=O)(=O)C2)c1. The lowest BCUT2D eigenvalue weighted by molar-refractivity contribution is -0.131. The standard InChI is InChI=1S/C16H23N3O4S/c1-12(20)18-14-5-3-4-13(10-14)17-8-6-16(21)19(2)15-7-9-24(22,23)11-15/h3-5,10,15,17H,6-9,11H2,1-2H3,(H,18,20). The van der Waals surface area contributed by atoms with Gasteiger partial charge in [0.15, 0.2) is 9.84 Å². The minimum Gasteiger partial charge on any atom is -0.384 e. The highest BCUT2D eigenvalue weighted by atomic mass is 32.2. The van der Waals surface area contributed by atoms with E-state index in [0.717, 1.165) is 5.69 Å². The summed E-state index contributed by atoms with van der Waals surface area (Å²) in [6.45, 7) is 1.88. The summed E-state index contributed by atoms with van der Waals surface area (Å²) in [6.07, 6.45) is 0.786. The molecule has 0 aliphatic carbocycles. The molecule has 24 heavy (non-hydrogen) atoms. The summed E-state index contributed by atoms with van der Waals surface area (Å²) in [6, 6.07) is 7.02. The van der Waals surface area contributed by atoms with Crippen LogP contribution in [0.3, 0.4) is 0 Å². The van der Waals surface area contributed by atoms with Crippen molar-refractivity contribution in [2.75, 3.05) is 35.7 Å². The second-order valence-corrected chi connectivity index (χ2v) is 8.23. The van der Waals surface area contributed by atoms with Crippen molar-refractivity contribution in [3.63, 3.8) is 0 Å². The van der Waals surface area contributed by atoms with Crippen LogP contribution in [0.2, 0.25) is 0 Å². The Morgan fingerprint density at radius 1 is 1.29 bits per heavy atom. The average Bonchev–Trinajstić information content (AvgIpc) is 2.86. The van der Waals surface area contributed by atoms with Crippen LogP contribution in [0.1, 0.15) is 19.8 Å². The van der Waals surface area contributed by atoms with Crippen LogP contribution in [0.15, 0.2) is 24.3 Å². The number of hydrogen-bond acceptors (Lipinski definition) is 5. The number of hydrogen-bond donors (Lipinski definition) is 2. The van der Waals surface area contributed by atoms with E-state index in [-0.39, 0.29) is 35.8 Å². The first kappa shape index (κ1) is 18.3. The van der Waals surface area contributed by atoms with Crippen LogP contribution in [0.25, 0.3) is 0 Å². The van der Waals surface area contributed by atoms with Crippen LogP contribution < -0.4 is 10.6 Å². The Morgan fingerprint density at radius 2 is 2.00 bits per heavy atom. The monoisotopic (exact) mass is 353 g/mol. The normalized spacial score (nSPS) is 18.8. The number of rotatable bonds is 6. The third-order valence-electron chi connectivity index (χ3n) is 4.00. The second-order valence-electron chi connectivity index (χ2n) is 6.00. The number of nitrogens with zero attached hydrogens (tertiary/aromatic N) is 1. The van der Waals surface area contributed by atoms with Crippen LogP contribution in [0.4, 0.5) is 11.4 Å². The van der Waals surface area contributed by atoms with E-state index >= 15 is 0 Å². The van der Waals surface area contributed by atoms with E-state index in [9.17, 15) is 18.0 Å². The predicted molar refractivity (Wildman–Crippen MR) is 93.7 cm³/mol. The summed E-state index contributed by atoms with van der Waals surface area (Å²) >= 11 is 0. The van der Waals surface area contributed by atoms with Gasteiger partial charge in [-0.15, -0.1) is 0 Å². The zero-order valence-corrected chi connectivity index (χ0v) is 14.7. The Morgan fingerprint density at radius 3 is 2.62 bits per heavy atom. The third-order valence-corrected chi connectivity index (χ3v) is 5.75. The van der Waals surface area contributed by atoms with Crippen LogP contribution in [-0.4, -0.2) is 56.3 Å². The minimum absolute atomic E-state index is 0.0570. The second kappa shape index (κ2) is 7.65. The predicted octanol–water partition coefficient (Wildman–Crippen LogP) is 1.09. The van der Waals surface area contributed by atoms with Gasteiger partial charge in [-0.3, -0.25) is 9.59 Å². The first-order valence-electron chi connectivity index (χ1n) is 7.84. The molecule has 0 radical (unpaired) electrons. The van der Waals surface area contributed by atoms with Crippen molar-refractivity contribution in [3.05, 3.63) is 24.3 Å². The Balaban J connectivity index is 1.81. The fourth-order valence-electron chi connectivity index (χ4n) is 2.68. The summed E-state index contributed by atoms with van der Waals surface area (Å²) in [5, 5.41) is 5.83. The van der Waals surface area contributed by atoms with Crippen molar-refractivity contribution in [2.45, 2.75) is 25.8 Å². The minimum atomic E-state index is -3.00. The molecule has 2 rings (SSSR count). The molecule has 1 saturated heterocycles. The topological polar surface area (TPSA) is 95.6 Å². The smallest absolute Gasteiger partial charge is 0.224 e. The average molecular weight is 353 g/mol. The summed E-state index contributed by atoms with van der Waals surface area (Å²) in [7, 11) is -1.34. The maximum Gasteiger partial charge on any atom is 0.224 e. The summed E-state index contributed by atoms with van der Waals surface area (Å²) in [5.74, 6) is -0.0108. The zero-order valence-electron chi connectivity index (χ0n) is 13.9. The molecular weight excluding hydrogens is 330 g/mol. The fraction of sp³-hybridized carbons (Fsp3) is 0.500. The molecule has 1 heterocycles. The molecule has 7 nitrogen and oxygen atoms in total. The Bertz CT molecular complexity index is 718. The molecule has 132 valence electrons. The molecular formula is C16H23N3O4S. The molecule has 2 amide bonds. The molecule has 2 N–H and O–H groups in total. The summed E-state index contributed by atoms with van der Waals surface area (Å²) in [5.41, 5.74) is 1.49. The summed E-state index contributed by atoms with van der Waals surface area (Å²) < 4.78 is 23.0. The lowest BCUT2D eigenvalue weighted by Gasteiger charge is -2.23. The molecule has 0 bridgehead atoms. The van der Waals surface area contributed by atoms with Gasteiger partial charge >= 0.3 is 0 Å². The van der Waals surface area contributed by atoms with Gasteiger partial charge in [0.25, 0.3) is 0 Å². The molecule has 1 aromatic carbocycles. The molecule has 1 fully saturated rings. The number of benzene rings is 1. The first-order chi connectivity index (χ1) is 11.3. The number of carbonyl (C=O) groups is 2. The number of amides is 2. The highest BCUT2D eigenvalue weighted by Crippen LogP contribution is 2.18. The molecule has 1 aromatic rings. The van der Waals surface area contributed by atoms with Crippen LogP contribution in [0.5, 0.6) is 0 Å². The molecule has 1 aliphatic rings. The van der Waals surface area contributed by atoms with E-state index in [1.54, 1.807) is 24.1 Å². The fourth-order valence-corrected chi connectivity index (χ4v) is 4.46. The number of sulfone groups is 1. The molecule has 0 saturated carbocycles. The van der Waals surface area contributed by atoms with Gasteiger partial charge < -0.3 is 15.5 Å². The molecule has 0 spiro atoms. The molecule has 0 aromatic heterocycles. The number of anilines is 2. The maximum atomic E-state index is 12.2. The Hall–Kier alpha value is -2.09. The molecule has 1 unspecified atom stereocenters. The largest absolute Gasteiger partial charge is 0.384 e. The van der Waals surface area contributed by atoms with E-state index in [1.807, 2.05) is 12.1 Å². The van der Waals surface area contributed by atoms with Gasteiger partial charge in [0.1, 0.15) is 0 Å². The van der Waals surface area contributed by atoms with E-state index in [1.165, 1.54) is 6.92 Å². The third kappa shape index (κ3) is 5.23. The van der Waals surface area contributed by atoms with Crippen molar-refractivity contribution in [2.24, 2.45) is 0 Å². The van der Waals surface area contributed by atoms with E-state index in [0.29, 0.717) is 18.7 Å². The van der Waals surface area contributed by atoms with Crippen molar-refractivity contribution in [1.82, 2.24) is 4.90 Å². The van der Waals surface area contributed by atoms with Gasteiger partial charge in [0, 0.05) is 44.4 Å². The molecule has 1 atom stereocenters. The van der Waals surface area contributed by atoms with Gasteiger partial charge in [0.2, 0.25) is 11.8 Å². The van der Waals surface area contributed by atoms with Gasteiger partial charge in [0.05, 0.1) is 11.5 Å². The van der Waals surface area contributed by atoms with Gasteiger partial charge in [-0.2, -0.15) is 0 Å². The highest BCUT2D eigenvalue weighted by molar-refractivity contribution is 7.91. The summed E-state index contributed by atoms with van der Waals surface area (Å²) in [4.78, 5) is 24.8. The quantitative estimate of drug-likeness (QED) is 0.798. The zero-order chi connectivity index (χ0) is 17.7. The van der Waals surface area contributed by atoms with Gasteiger partial charge in [-0.25, -0.2) is 8.42 Å². The van der Waals surface area contributed by atoms with E-state index in [4.69, 9.17) is 0 Å². The Labute approximate surface area is 142 Å². The van der Waals surface area contributed by atoms with Crippen molar-refractivity contribution < 1.29 is 18.0 Å². The number of carbonyl (C=O) groups excluding carboxylic acids is 2. The van der Waals surface area contributed by atoms with Crippen molar-refractivity contribution >= 4 is 33.0 Å². The lowest BCUT2D eigenvalue weighted by Crippen LogP contribution is -2.38. The van der Waals surface area contributed by atoms with Crippen LogP contribution in [-0.2, 0) is 19.4 Å². The van der Waals surface area contributed by atoms with Crippen LogP contribution >= 0.6 is 0 Å². The molecule has 8 heteroatoms. The lowest BCUT2D eigenvalue weighted by atomic mass is 10.2. The van der Waals surface area contributed by atoms with Crippen molar-refractivity contribution in [3.8, 4) is 0 Å². The highest BCUT2D eigenvalue weighted by Gasteiger charge is 2.32. The maximum absolute atomic E-state index is 12.2. The first-order valence-corrected chi connectivity index (χ1v) is 9.66.